The van der Waals surface area contributed by atoms with Crippen LogP contribution in [0.25, 0.3) is 0 Å². The molecule has 8 rings (SSSR count). The molecule has 4 N–H and O–H groups in total. The molecule has 2 aliphatic heterocycles. The van der Waals surface area contributed by atoms with Gasteiger partial charge in [0.2, 0.25) is 17.7 Å². The summed E-state index contributed by atoms with van der Waals surface area (Å²) in [6.07, 6.45) is 2.17. The number of carbonyl (C=O) groups excluding carboxylic acids is 5. The van der Waals surface area contributed by atoms with Gasteiger partial charge in [0.15, 0.2) is 11.2 Å². The summed E-state index contributed by atoms with van der Waals surface area (Å²) in [4.78, 5) is 71.4. The standard InChI is InChI=1S/C43H54BN5O10S/c1-41(2,3)57-38(53)27-16-11-15-25(35(27)55-7)19-32(44-58-31-21-26-20-30(42(26,4)5)43(31,6)59-44)47-37(52)34(48-36(51)28-17-12-18-33(50)45-28)29-23-60-39(46-29)49-40(54)56-22-24-13-9-8-10-14-24/h8-11,13-16,23,26,28,30-32,34H,12,17-22H2,1-7H3,(H,45,50)(H,47,52)(H,48,51)(H,46,49,54)/t26?,28?,30?,31?,32?,34?,43-/m0/s1. The molecule has 3 heterocycles. The summed E-state index contributed by atoms with van der Waals surface area (Å²) in [7, 11) is 0.546. The molecule has 5 fully saturated rings. The molecular weight excluding hydrogens is 789 g/mol. The Balaban J connectivity index is 1.18. The summed E-state index contributed by atoms with van der Waals surface area (Å²) >= 11 is 1.05. The third kappa shape index (κ3) is 9.17. The predicted molar refractivity (Wildman–Crippen MR) is 223 cm³/mol. The first kappa shape index (κ1) is 43.1. The summed E-state index contributed by atoms with van der Waals surface area (Å²) in [5.41, 5.74) is 0.431. The first-order valence-electron chi connectivity index (χ1n) is 20.5. The van der Waals surface area contributed by atoms with E-state index in [0.29, 0.717) is 30.7 Å². The predicted octanol–water partition coefficient (Wildman–Crippen LogP) is 5.68. The van der Waals surface area contributed by atoms with Crippen molar-refractivity contribution in [2.24, 2.45) is 17.3 Å². The highest BCUT2D eigenvalue weighted by Crippen LogP contribution is 2.65. The Labute approximate surface area is 354 Å². The summed E-state index contributed by atoms with van der Waals surface area (Å²) in [6.45, 7) is 12.0. The zero-order valence-electron chi connectivity index (χ0n) is 35.1. The number of rotatable bonds is 13. The molecular formula is C43H54BN5O10S. The number of thiazole rings is 1. The van der Waals surface area contributed by atoms with E-state index in [2.05, 4.69) is 47.0 Å². The number of aromatic nitrogens is 1. The van der Waals surface area contributed by atoms with Gasteiger partial charge in [-0.1, -0.05) is 56.3 Å². The normalized spacial score (nSPS) is 25.1. The fraction of sp³-hybridized carbons (Fsp3) is 0.535. The number of nitrogens with zero attached hydrogens (tertiary/aromatic N) is 1. The summed E-state index contributed by atoms with van der Waals surface area (Å²) in [5, 5.41) is 13.0. The lowest BCUT2D eigenvalue weighted by Gasteiger charge is -2.64. The smallest absolute Gasteiger partial charge is 0.482 e. The van der Waals surface area contributed by atoms with E-state index in [4.69, 9.17) is 23.5 Å². The van der Waals surface area contributed by atoms with E-state index in [1.807, 2.05) is 30.3 Å². The molecule has 6 unspecified atom stereocenters. The average Bonchev–Trinajstić information content (AvgIpc) is 3.82. The van der Waals surface area contributed by atoms with Crippen LogP contribution in [-0.2, 0) is 46.2 Å². The number of benzene rings is 2. The number of amides is 4. The van der Waals surface area contributed by atoms with Crippen LogP contribution in [-0.4, -0.2) is 78.3 Å². The van der Waals surface area contributed by atoms with Crippen LogP contribution in [0.3, 0.4) is 0 Å². The van der Waals surface area contributed by atoms with Crippen LogP contribution in [0.5, 0.6) is 5.75 Å². The number of nitrogens with one attached hydrogen (secondary N) is 4. The second kappa shape index (κ2) is 17.2. The Morgan fingerprint density at radius 1 is 1.05 bits per heavy atom. The van der Waals surface area contributed by atoms with Crippen molar-refractivity contribution in [2.75, 3.05) is 12.4 Å². The molecule has 3 aromatic rings. The Morgan fingerprint density at radius 2 is 1.82 bits per heavy atom. The molecule has 5 aliphatic rings. The number of ether oxygens (including phenoxy) is 3. The van der Waals surface area contributed by atoms with Gasteiger partial charge in [0.25, 0.3) is 0 Å². The molecule has 60 heavy (non-hydrogen) atoms. The molecule has 2 saturated heterocycles. The number of anilines is 1. The average molecular weight is 844 g/mol. The van der Waals surface area contributed by atoms with E-state index >= 15 is 0 Å². The fourth-order valence-corrected chi connectivity index (χ4v) is 9.83. The van der Waals surface area contributed by atoms with Crippen molar-refractivity contribution in [3.8, 4) is 5.75 Å². The van der Waals surface area contributed by atoms with Gasteiger partial charge in [-0.3, -0.25) is 19.7 Å². The largest absolute Gasteiger partial charge is 0.496 e. The van der Waals surface area contributed by atoms with Crippen LogP contribution in [0, 0.1) is 17.3 Å². The SMILES string of the molecule is COc1c(CC(NC(=O)C(NC(=O)C2CCCC(=O)N2)c2csc(NC(=O)OCc3ccccc3)n2)B2OC3CC4CC(C4(C)C)[C@]3(C)O2)cccc1C(=O)OC(C)(C)C. The van der Waals surface area contributed by atoms with Gasteiger partial charge in [0.05, 0.1) is 30.4 Å². The lowest BCUT2D eigenvalue weighted by atomic mass is 9.43. The van der Waals surface area contributed by atoms with Crippen LogP contribution in [0.1, 0.15) is 107 Å². The molecule has 0 spiro atoms. The highest BCUT2D eigenvalue weighted by Gasteiger charge is 2.68. The number of methoxy groups -OCH3 is 1. The monoisotopic (exact) mass is 843 g/mol. The van der Waals surface area contributed by atoms with Gasteiger partial charge in [0, 0.05) is 11.8 Å². The molecule has 1 aromatic heterocycles. The lowest BCUT2D eigenvalue weighted by Crippen LogP contribution is -2.65. The van der Waals surface area contributed by atoms with Crippen molar-refractivity contribution in [2.45, 2.75) is 122 Å². The zero-order valence-corrected chi connectivity index (χ0v) is 35.9. The molecule has 0 radical (unpaired) electrons. The molecule has 2 aromatic carbocycles. The maximum absolute atomic E-state index is 14.8. The second-order valence-electron chi connectivity index (χ2n) is 17.9. The Morgan fingerprint density at radius 3 is 2.52 bits per heavy atom. The molecule has 3 aliphatic carbocycles. The molecule has 320 valence electrons. The van der Waals surface area contributed by atoms with Crippen LogP contribution >= 0.6 is 11.3 Å². The first-order valence-corrected chi connectivity index (χ1v) is 21.4. The van der Waals surface area contributed by atoms with E-state index in [1.54, 1.807) is 44.4 Å². The lowest BCUT2D eigenvalue weighted by molar-refractivity contribution is -0.199. The van der Waals surface area contributed by atoms with E-state index in [0.717, 1.165) is 29.7 Å². The van der Waals surface area contributed by atoms with E-state index in [-0.39, 0.29) is 58.5 Å². The van der Waals surface area contributed by atoms with Gasteiger partial charge in [-0.2, -0.15) is 0 Å². The van der Waals surface area contributed by atoms with Crippen LogP contribution in [0.4, 0.5) is 9.93 Å². The fourth-order valence-electron chi connectivity index (χ4n) is 9.11. The van der Waals surface area contributed by atoms with Crippen LogP contribution < -0.4 is 26.0 Å². The molecule has 3 saturated carbocycles. The maximum Gasteiger partial charge on any atom is 0.482 e. The minimum atomic E-state index is -1.37. The number of piperidine rings is 1. The van der Waals surface area contributed by atoms with Crippen molar-refractivity contribution in [1.29, 1.82) is 0 Å². The van der Waals surface area contributed by atoms with E-state index in [1.165, 1.54) is 7.11 Å². The van der Waals surface area contributed by atoms with Crippen molar-refractivity contribution in [1.82, 2.24) is 20.9 Å². The van der Waals surface area contributed by atoms with Crippen LogP contribution in [0.15, 0.2) is 53.9 Å². The summed E-state index contributed by atoms with van der Waals surface area (Å²) in [6, 6.07) is 12.1. The van der Waals surface area contributed by atoms with E-state index in [9.17, 15) is 24.0 Å². The quantitative estimate of drug-likeness (QED) is 0.122. The number of esters is 1. The van der Waals surface area contributed by atoms with Crippen molar-refractivity contribution >= 4 is 53.4 Å². The molecule has 2 bridgehead atoms. The molecule has 4 amide bonds. The van der Waals surface area contributed by atoms with Crippen molar-refractivity contribution in [3.63, 3.8) is 0 Å². The number of hydrogen-bond acceptors (Lipinski definition) is 12. The van der Waals surface area contributed by atoms with Gasteiger partial charge in [0.1, 0.15) is 29.6 Å². The third-order valence-electron chi connectivity index (χ3n) is 12.3. The first-order chi connectivity index (χ1) is 28.4. The van der Waals surface area contributed by atoms with E-state index < -0.39 is 60.2 Å². The second-order valence-corrected chi connectivity index (χ2v) is 18.7. The molecule has 17 heteroatoms. The molecule has 7 atom stereocenters. The number of carbonyl (C=O) groups is 5. The number of hydrogen-bond donors (Lipinski definition) is 4. The Hall–Kier alpha value is -5.00. The highest BCUT2D eigenvalue weighted by atomic mass is 32.1. The van der Waals surface area contributed by atoms with Crippen LogP contribution in [0.2, 0.25) is 0 Å². The topological polar surface area (TPSA) is 193 Å². The minimum Gasteiger partial charge on any atom is -0.496 e. The van der Waals surface area contributed by atoms with Gasteiger partial charge >= 0.3 is 19.2 Å². The minimum absolute atomic E-state index is 0.0378. The van der Waals surface area contributed by atoms with Crippen molar-refractivity contribution < 1.29 is 47.5 Å². The third-order valence-corrected chi connectivity index (χ3v) is 13.1. The summed E-state index contributed by atoms with van der Waals surface area (Å²) in [5.74, 6) is -1.90. The Bertz CT molecular complexity index is 2110. The van der Waals surface area contributed by atoms with Gasteiger partial charge in [-0.15, -0.1) is 11.3 Å². The zero-order chi connectivity index (χ0) is 43.0. The van der Waals surface area contributed by atoms with Crippen molar-refractivity contribution in [3.05, 3.63) is 76.3 Å². The molecule has 15 nitrogen and oxygen atoms in total. The summed E-state index contributed by atoms with van der Waals surface area (Å²) < 4.78 is 30.5. The van der Waals surface area contributed by atoms with Gasteiger partial charge in [-0.25, -0.2) is 14.6 Å². The van der Waals surface area contributed by atoms with Gasteiger partial charge in [-0.05, 0) is 94.2 Å². The Kier molecular flexibility index (Phi) is 12.3. The van der Waals surface area contributed by atoms with Gasteiger partial charge < -0.3 is 39.5 Å². The number of para-hydroxylation sites is 1. The highest BCUT2D eigenvalue weighted by molar-refractivity contribution is 7.13. The maximum atomic E-state index is 14.8.